The Hall–Kier alpha value is -2.02. The summed E-state index contributed by atoms with van der Waals surface area (Å²) in [5.41, 5.74) is 0.440. The molecule has 0 aliphatic carbocycles. The minimum Gasteiger partial charge on any atom is -0.478 e. The largest absolute Gasteiger partial charge is 0.478 e. The molecule has 2 aromatic rings. The summed E-state index contributed by atoms with van der Waals surface area (Å²) < 4.78 is 19.3. The smallest absolute Gasteiger partial charge is 0.339 e. The zero-order chi connectivity index (χ0) is 12.6. The van der Waals surface area contributed by atoms with Crippen molar-refractivity contribution < 1.29 is 19.0 Å². The van der Waals surface area contributed by atoms with Gasteiger partial charge in [0.05, 0.1) is 11.8 Å². The van der Waals surface area contributed by atoms with Crippen molar-refractivity contribution in [3.63, 3.8) is 0 Å². The van der Waals surface area contributed by atoms with Crippen molar-refractivity contribution in [2.45, 2.75) is 13.0 Å². The maximum atomic E-state index is 13.0. The van der Waals surface area contributed by atoms with E-state index in [4.69, 9.17) is 9.84 Å². The molecule has 2 aromatic heterocycles. The third-order valence-corrected chi connectivity index (χ3v) is 2.46. The van der Waals surface area contributed by atoms with Gasteiger partial charge in [0, 0.05) is 19.4 Å². The molecule has 0 saturated heterocycles. The predicted octanol–water partition coefficient (Wildman–Crippen LogP) is 1.27. The molecule has 1 atom stereocenters. The van der Waals surface area contributed by atoms with E-state index in [1.54, 1.807) is 6.92 Å². The lowest BCUT2D eigenvalue weighted by molar-refractivity contribution is 0.0678. The first-order valence-corrected chi connectivity index (χ1v) is 4.85. The fraction of sp³-hybridized carbons (Fsp3) is 0.300. The maximum absolute atomic E-state index is 13.0. The summed E-state index contributed by atoms with van der Waals surface area (Å²) in [6, 6.07) is 1.12. The van der Waals surface area contributed by atoms with Gasteiger partial charge < -0.3 is 9.84 Å². The predicted molar refractivity (Wildman–Crippen MR) is 55.3 cm³/mol. The normalized spacial score (nSPS) is 12.9. The molecule has 0 aliphatic heterocycles. The molecule has 0 aliphatic rings. The highest BCUT2D eigenvalue weighted by atomic mass is 19.1. The Morgan fingerprint density at radius 2 is 2.35 bits per heavy atom. The van der Waals surface area contributed by atoms with E-state index in [0.29, 0.717) is 0 Å². The fourth-order valence-electron chi connectivity index (χ4n) is 1.59. The van der Waals surface area contributed by atoms with Gasteiger partial charge in [0.2, 0.25) is 5.95 Å². The van der Waals surface area contributed by atoms with Gasteiger partial charge >= 0.3 is 5.97 Å². The summed E-state index contributed by atoms with van der Waals surface area (Å²) in [5, 5.41) is 12.6. The Morgan fingerprint density at radius 1 is 1.65 bits per heavy atom. The quantitative estimate of drug-likeness (QED) is 0.872. The minimum atomic E-state index is -1.16. The number of hydrogen-bond donors (Lipinski definition) is 1. The van der Waals surface area contributed by atoms with E-state index >= 15 is 0 Å². The number of rotatable bonds is 3. The van der Waals surface area contributed by atoms with Crippen LogP contribution in [-0.4, -0.2) is 32.8 Å². The average molecular weight is 239 g/mol. The Kier molecular flexibility index (Phi) is 2.76. The molecular formula is C10H10FN3O3. The number of aromatic nitrogens is 3. The monoisotopic (exact) mass is 239 g/mol. The summed E-state index contributed by atoms with van der Waals surface area (Å²) in [4.78, 5) is 14.9. The van der Waals surface area contributed by atoms with E-state index in [1.807, 2.05) is 0 Å². The average Bonchev–Trinajstić information content (AvgIpc) is 2.66. The lowest BCUT2D eigenvalue weighted by Gasteiger charge is -2.13. The summed E-state index contributed by atoms with van der Waals surface area (Å²) in [5.74, 6) is -1.88. The molecule has 1 N–H and O–H groups in total. The number of hydrogen-bond acceptors (Lipinski definition) is 4. The van der Waals surface area contributed by atoms with Crippen LogP contribution in [0.1, 0.15) is 29.1 Å². The minimum absolute atomic E-state index is 0.0602. The van der Waals surface area contributed by atoms with E-state index in [2.05, 4.69) is 10.1 Å². The topological polar surface area (TPSA) is 76.7 Å². The highest BCUT2D eigenvalue weighted by molar-refractivity contribution is 5.89. The second kappa shape index (κ2) is 4.10. The van der Waals surface area contributed by atoms with E-state index in [-0.39, 0.29) is 16.9 Å². The van der Waals surface area contributed by atoms with Crippen molar-refractivity contribution in [1.29, 1.82) is 0 Å². The highest BCUT2D eigenvalue weighted by Crippen LogP contribution is 2.21. The Morgan fingerprint density at radius 3 is 2.94 bits per heavy atom. The molecule has 2 rings (SSSR count). The van der Waals surface area contributed by atoms with E-state index in [1.165, 1.54) is 13.3 Å². The summed E-state index contributed by atoms with van der Waals surface area (Å²) in [7, 11) is 1.43. The van der Waals surface area contributed by atoms with Crippen LogP contribution in [0.15, 0.2) is 12.3 Å². The Labute approximate surface area is 95.7 Å². The number of fused-ring (bicyclic) bond motifs is 1. The lowest BCUT2D eigenvalue weighted by atomic mass is 10.1. The number of ether oxygens (including phenoxy) is 1. The van der Waals surface area contributed by atoms with Crippen molar-refractivity contribution in [2.75, 3.05) is 7.11 Å². The first-order valence-electron chi connectivity index (χ1n) is 4.85. The van der Waals surface area contributed by atoms with Crippen LogP contribution in [0, 0.1) is 5.95 Å². The number of methoxy groups -OCH3 is 1. The molecule has 0 bridgehead atoms. The molecule has 0 saturated carbocycles. The number of carboxylic acid groups (broad SMARTS) is 1. The van der Waals surface area contributed by atoms with Crippen LogP contribution in [0.3, 0.4) is 0 Å². The van der Waals surface area contributed by atoms with Crippen molar-refractivity contribution in [3.05, 3.63) is 29.5 Å². The molecule has 0 radical (unpaired) electrons. The van der Waals surface area contributed by atoms with Crippen LogP contribution in [0.25, 0.3) is 5.65 Å². The van der Waals surface area contributed by atoms with Gasteiger partial charge in [-0.2, -0.15) is 4.39 Å². The van der Waals surface area contributed by atoms with Crippen LogP contribution >= 0.6 is 0 Å². The van der Waals surface area contributed by atoms with Gasteiger partial charge in [-0.15, -0.1) is 5.10 Å². The summed E-state index contributed by atoms with van der Waals surface area (Å²) in [6.45, 7) is 1.65. The standard InChI is InChI=1S/C10H10FN3O3/c1-5(17-2)9-6(10(15)16)4-12-8-3-7(11)13-14(8)9/h3-5H,1-2H3,(H,15,16)/t5-/m0/s1. The number of carboxylic acids is 1. The molecule has 0 fully saturated rings. The first-order chi connectivity index (χ1) is 8.04. The Bertz CT molecular complexity index is 581. The van der Waals surface area contributed by atoms with Crippen LogP contribution in [0.4, 0.5) is 4.39 Å². The molecule has 0 aromatic carbocycles. The molecule has 90 valence electrons. The fourth-order valence-corrected chi connectivity index (χ4v) is 1.59. The Balaban J connectivity index is 2.78. The van der Waals surface area contributed by atoms with E-state index < -0.39 is 18.0 Å². The van der Waals surface area contributed by atoms with Crippen LogP contribution in [0.5, 0.6) is 0 Å². The number of carbonyl (C=O) groups is 1. The number of aromatic carboxylic acids is 1. The van der Waals surface area contributed by atoms with Gasteiger partial charge in [0.25, 0.3) is 0 Å². The number of halogens is 1. The molecule has 7 heteroatoms. The molecule has 0 unspecified atom stereocenters. The van der Waals surface area contributed by atoms with Gasteiger partial charge in [-0.25, -0.2) is 14.3 Å². The summed E-state index contributed by atoms with van der Waals surface area (Å²) in [6.07, 6.45) is 0.634. The zero-order valence-electron chi connectivity index (χ0n) is 9.22. The molecule has 17 heavy (non-hydrogen) atoms. The van der Waals surface area contributed by atoms with Gasteiger partial charge in [0.1, 0.15) is 5.56 Å². The third kappa shape index (κ3) is 1.84. The molecule has 2 heterocycles. The second-order valence-electron chi connectivity index (χ2n) is 3.48. The van der Waals surface area contributed by atoms with Crippen molar-refractivity contribution >= 4 is 11.6 Å². The third-order valence-electron chi connectivity index (χ3n) is 2.46. The van der Waals surface area contributed by atoms with Crippen molar-refractivity contribution in [2.24, 2.45) is 0 Å². The molecule has 0 amide bonds. The SMILES string of the molecule is CO[C@@H](C)c1c(C(=O)O)cnc2cc(F)nn12. The van der Waals surface area contributed by atoms with E-state index in [9.17, 15) is 9.18 Å². The molecule has 0 spiro atoms. The number of nitrogens with zero attached hydrogens (tertiary/aromatic N) is 3. The van der Waals surface area contributed by atoms with Gasteiger partial charge in [-0.1, -0.05) is 0 Å². The molecular weight excluding hydrogens is 229 g/mol. The van der Waals surface area contributed by atoms with Crippen LogP contribution in [-0.2, 0) is 4.74 Å². The lowest BCUT2D eigenvalue weighted by Crippen LogP contribution is -2.14. The highest BCUT2D eigenvalue weighted by Gasteiger charge is 2.21. The zero-order valence-corrected chi connectivity index (χ0v) is 9.22. The molecule has 6 nitrogen and oxygen atoms in total. The van der Waals surface area contributed by atoms with Crippen molar-refractivity contribution in [1.82, 2.24) is 14.6 Å². The van der Waals surface area contributed by atoms with Crippen molar-refractivity contribution in [3.8, 4) is 0 Å². The van der Waals surface area contributed by atoms with Crippen LogP contribution in [0.2, 0.25) is 0 Å². The van der Waals surface area contributed by atoms with Gasteiger partial charge in [0.15, 0.2) is 5.65 Å². The maximum Gasteiger partial charge on any atom is 0.339 e. The van der Waals surface area contributed by atoms with E-state index in [0.717, 1.165) is 10.6 Å². The second-order valence-corrected chi connectivity index (χ2v) is 3.48. The van der Waals surface area contributed by atoms with Gasteiger partial charge in [-0.05, 0) is 6.92 Å². The summed E-state index contributed by atoms with van der Waals surface area (Å²) >= 11 is 0. The first kappa shape index (κ1) is 11.5. The van der Waals surface area contributed by atoms with Crippen LogP contribution < -0.4 is 0 Å². The van der Waals surface area contributed by atoms with Gasteiger partial charge in [-0.3, -0.25) is 0 Å².